The van der Waals surface area contributed by atoms with Crippen LogP contribution in [0.5, 0.6) is 5.75 Å². The second-order valence-electron chi connectivity index (χ2n) is 7.80. The molecular formula is C23H26N2O6S. The maximum absolute atomic E-state index is 13.1. The van der Waals surface area contributed by atoms with E-state index in [9.17, 15) is 22.8 Å². The minimum atomic E-state index is -4.00. The first-order valence-electron chi connectivity index (χ1n) is 10.2. The number of aryl methyl sites for hydroxylation is 1. The Morgan fingerprint density at radius 2 is 1.59 bits per heavy atom. The van der Waals surface area contributed by atoms with E-state index in [-0.39, 0.29) is 41.9 Å². The topological polar surface area (TPSA) is 110 Å². The van der Waals surface area contributed by atoms with E-state index >= 15 is 0 Å². The molecule has 0 aromatic heterocycles. The van der Waals surface area contributed by atoms with Crippen LogP contribution >= 0.6 is 0 Å². The number of ketones is 1. The molecule has 2 amide bonds. The SMILES string of the molecule is COc1ccc([C@@H](NS(=O)(=O)c2ccc(C)cc2)[C@@H](CN2C(=O)CCC2=O)C(C)=O)cc1. The van der Waals surface area contributed by atoms with E-state index in [0.717, 1.165) is 10.5 Å². The van der Waals surface area contributed by atoms with Crippen LogP contribution < -0.4 is 9.46 Å². The van der Waals surface area contributed by atoms with Gasteiger partial charge in [0.1, 0.15) is 11.5 Å². The highest BCUT2D eigenvalue weighted by Crippen LogP contribution is 2.29. The number of nitrogens with one attached hydrogen (secondary N) is 1. The Balaban J connectivity index is 2.01. The molecule has 1 aliphatic rings. The summed E-state index contributed by atoms with van der Waals surface area (Å²) in [6.07, 6.45) is 0.178. The van der Waals surface area contributed by atoms with E-state index in [1.54, 1.807) is 36.4 Å². The van der Waals surface area contributed by atoms with Gasteiger partial charge in [0.15, 0.2) is 0 Å². The lowest BCUT2D eigenvalue weighted by Gasteiger charge is -2.29. The Morgan fingerprint density at radius 3 is 2.09 bits per heavy atom. The first-order valence-corrected chi connectivity index (χ1v) is 11.7. The summed E-state index contributed by atoms with van der Waals surface area (Å²) in [5, 5.41) is 0. The van der Waals surface area contributed by atoms with Crippen molar-refractivity contribution in [3.8, 4) is 5.75 Å². The molecule has 1 N–H and O–H groups in total. The van der Waals surface area contributed by atoms with Crippen molar-refractivity contribution >= 4 is 27.6 Å². The van der Waals surface area contributed by atoms with Crippen molar-refractivity contribution in [3.63, 3.8) is 0 Å². The van der Waals surface area contributed by atoms with Crippen molar-refractivity contribution in [2.45, 2.75) is 37.6 Å². The van der Waals surface area contributed by atoms with Crippen molar-refractivity contribution < 1.29 is 27.5 Å². The summed E-state index contributed by atoms with van der Waals surface area (Å²) in [5.41, 5.74) is 1.42. The van der Waals surface area contributed by atoms with Gasteiger partial charge < -0.3 is 4.74 Å². The number of ether oxygens (including phenoxy) is 1. The van der Waals surface area contributed by atoms with Crippen molar-refractivity contribution in [2.24, 2.45) is 5.92 Å². The van der Waals surface area contributed by atoms with Gasteiger partial charge in [-0.25, -0.2) is 13.1 Å². The number of imide groups is 1. The molecule has 2 aromatic rings. The lowest BCUT2D eigenvalue weighted by atomic mass is 9.90. The number of Topliss-reactive ketones (excluding diaryl/α,β-unsaturated/α-hetero) is 1. The van der Waals surface area contributed by atoms with E-state index in [2.05, 4.69) is 4.72 Å². The van der Waals surface area contributed by atoms with Crippen LogP contribution in [0.2, 0.25) is 0 Å². The van der Waals surface area contributed by atoms with Crippen LogP contribution in [0.15, 0.2) is 53.4 Å². The highest BCUT2D eigenvalue weighted by molar-refractivity contribution is 7.89. The fraction of sp³-hybridized carbons (Fsp3) is 0.348. The number of sulfonamides is 1. The molecule has 0 spiro atoms. The first kappa shape index (κ1) is 23.6. The summed E-state index contributed by atoms with van der Waals surface area (Å²) >= 11 is 0. The Kier molecular flexibility index (Phi) is 7.10. The van der Waals surface area contributed by atoms with Crippen molar-refractivity contribution in [3.05, 3.63) is 59.7 Å². The van der Waals surface area contributed by atoms with Crippen LogP contribution in [0, 0.1) is 12.8 Å². The largest absolute Gasteiger partial charge is 0.497 e. The third-order valence-corrected chi connectivity index (χ3v) is 7.00. The van der Waals surface area contributed by atoms with E-state index in [1.165, 1.54) is 26.2 Å². The zero-order valence-corrected chi connectivity index (χ0v) is 19.0. The van der Waals surface area contributed by atoms with Crippen LogP contribution in [-0.4, -0.2) is 44.6 Å². The van der Waals surface area contributed by atoms with Crippen molar-refractivity contribution in [1.29, 1.82) is 0 Å². The Bertz CT molecular complexity index is 1090. The third-order valence-electron chi connectivity index (χ3n) is 5.55. The number of hydrogen-bond donors (Lipinski definition) is 1. The average Bonchev–Trinajstić information content (AvgIpc) is 3.08. The molecule has 1 fully saturated rings. The van der Waals surface area contributed by atoms with Gasteiger partial charge in [-0.1, -0.05) is 29.8 Å². The summed E-state index contributed by atoms with van der Waals surface area (Å²) < 4.78 is 34.1. The van der Waals surface area contributed by atoms with Gasteiger partial charge in [-0.05, 0) is 43.7 Å². The molecule has 1 aliphatic heterocycles. The summed E-state index contributed by atoms with van der Waals surface area (Å²) in [5.74, 6) is -1.47. The number of methoxy groups -OCH3 is 1. The van der Waals surface area contributed by atoms with Gasteiger partial charge in [-0.2, -0.15) is 0 Å². The number of benzene rings is 2. The number of carbonyl (C=O) groups is 3. The molecule has 1 heterocycles. The summed E-state index contributed by atoms with van der Waals surface area (Å²) in [6.45, 7) is 2.98. The number of rotatable bonds is 9. The zero-order chi connectivity index (χ0) is 23.5. The van der Waals surface area contributed by atoms with Gasteiger partial charge >= 0.3 is 0 Å². The molecule has 170 valence electrons. The fourth-order valence-corrected chi connectivity index (χ4v) is 4.90. The van der Waals surface area contributed by atoms with Crippen LogP contribution in [0.25, 0.3) is 0 Å². The van der Waals surface area contributed by atoms with Crippen molar-refractivity contribution in [2.75, 3.05) is 13.7 Å². The molecule has 2 atom stereocenters. The minimum Gasteiger partial charge on any atom is -0.497 e. The quantitative estimate of drug-likeness (QED) is 0.578. The molecule has 0 radical (unpaired) electrons. The predicted octanol–water partition coefficient (Wildman–Crippen LogP) is 2.38. The maximum Gasteiger partial charge on any atom is 0.241 e. The first-order chi connectivity index (χ1) is 15.1. The molecule has 0 saturated carbocycles. The molecule has 0 unspecified atom stereocenters. The number of amides is 2. The molecule has 1 saturated heterocycles. The highest BCUT2D eigenvalue weighted by atomic mass is 32.2. The molecule has 2 aromatic carbocycles. The lowest BCUT2D eigenvalue weighted by Crippen LogP contribution is -2.44. The Hall–Kier alpha value is -3.04. The van der Waals surface area contributed by atoms with Gasteiger partial charge in [0.2, 0.25) is 21.8 Å². The average molecular weight is 459 g/mol. The number of likely N-dealkylation sites (tertiary alicyclic amines) is 1. The molecular weight excluding hydrogens is 432 g/mol. The monoisotopic (exact) mass is 458 g/mol. The summed E-state index contributed by atoms with van der Waals surface area (Å²) in [4.78, 5) is 38.1. The second kappa shape index (κ2) is 9.62. The summed E-state index contributed by atoms with van der Waals surface area (Å²) in [6, 6.07) is 12.0. The van der Waals surface area contributed by atoms with Crippen LogP contribution in [0.1, 0.15) is 36.9 Å². The number of hydrogen-bond acceptors (Lipinski definition) is 6. The van der Waals surface area contributed by atoms with E-state index in [1.807, 2.05) is 6.92 Å². The molecule has 0 aliphatic carbocycles. The summed E-state index contributed by atoms with van der Waals surface area (Å²) in [7, 11) is -2.49. The zero-order valence-electron chi connectivity index (χ0n) is 18.2. The standard InChI is InChI=1S/C23H26N2O6S/c1-15-4-10-19(11-5-15)32(29,30)24-23(17-6-8-18(31-3)9-7-17)20(16(2)26)14-25-21(27)12-13-22(25)28/h4-11,20,23-24H,12-14H2,1-3H3/t20-,23+/m0/s1. The van der Waals surface area contributed by atoms with E-state index in [4.69, 9.17) is 4.74 Å². The third kappa shape index (κ3) is 5.23. The van der Waals surface area contributed by atoms with Gasteiger partial charge in [0.25, 0.3) is 0 Å². The molecule has 0 bridgehead atoms. The van der Waals surface area contributed by atoms with Crippen LogP contribution in [-0.2, 0) is 24.4 Å². The lowest BCUT2D eigenvalue weighted by molar-refractivity contribution is -0.139. The molecule has 32 heavy (non-hydrogen) atoms. The molecule has 3 rings (SSSR count). The number of carbonyl (C=O) groups excluding carboxylic acids is 3. The number of nitrogens with zero attached hydrogens (tertiary/aromatic N) is 1. The fourth-order valence-electron chi connectivity index (χ4n) is 3.64. The Morgan fingerprint density at radius 1 is 1.03 bits per heavy atom. The second-order valence-corrected chi connectivity index (χ2v) is 9.51. The van der Waals surface area contributed by atoms with Gasteiger partial charge in [0, 0.05) is 19.4 Å². The Labute approximate surface area is 187 Å². The van der Waals surface area contributed by atoms with E-state index in [0.29, 0.717) is 11.3 Å². The highest BCUT2D eigenvalue weighted by Gasteiger charge is 2.37. The molecule has 9 heteroatoms. The normalized spacial score (nSPS) is 16.2. The predicted molar refractivity (Wildman–Crippen MR) is 117 cm³/mol. The maximum atomic E-state index is 13.1. The van der Waals surface area contributed by atoms with Crippen LogP contribution in [0.3, 0.4) is 0 Å². The van der Waals surface area contributed by atoms with Gasteiger partial charge in [-0.3, -0.25) is 19.3 Å². The molecule has 8 nitrogen and oxygen atoms in total. The smallest absolute Gasteiger partial charge is 0.241 e. The van der Waals surface area contributed by atoms with E-state index < -0.39 is 22.0 Å². The minimum absolute atomic E-state index is 0.0530. The van der Waals surface area contributed by atoms with Crippen LogP contribution in [0.4, 0.5) is 0 Å². The van der Waals surface area contributed by atoms with Gasteiger partial charge in [-0.15, -0.1) is 0 Å². The van der Waals surface area contributed by atoms with Gasteiger partial charge in [0.05, 0.1) is 24.0 Å². The van der Waals surface area contributed by atoms with Crippen molar-refractivity contribution in [1.82, 2.24) is 9.62 Å².